The third-order valence-electron chi connectivity index (χ3n) is 3.58. The van der Waals surface area contributed by atoms with Gasteiger partial charge in [0.1, 0.15) is 10.8 Å². The molecule has 0 fully saturated rings. The molecule has 0 aliphatic rings. The molecular formula is C17H17Cl2NO4S. The molecule has 1 unspecified atom stereocenters. The minimum atomic E-state index is -0.827. The molecular weight excluding hydrogens is 385 g/mol. The normalized spacial score (nSPS) is 11.8. The maximum absolute atomic E-state index is 12.4. The molecule has 1 amide bonds. The summed E-state index contributed by atoms with van der Waals surface area (Å²) < 4.78 is 10.4. The van der Waals surface area contributed by atoms with Gasteiger partial charge in [0.2, 0.25) is 0 Å². The Bertz CT molecular complexity index is 819. The number of ether oxygens (including phenoxy) is 2. The highest BCUT2D eigenvalue weighted by atomic mass is 35.5. The highest BCUT2D eigenvalue weighted by Gasteiger charge is 2.24. The van der Waals surface area contributed by atoms with Crippen LogP contribution in [-0.2, 0) is 9.53 Å². The zero-order chi connectivity index (χ0) is 18.7. The van der Waals surface area contributed by atoms with Crippen molar-refractivity contribution in [3.63, 3.8) is 0 Å². The topological polar surface area (TPSA) is 64.6 Å². The van der Waals surface area contributed by atoms with Gasteiger partial charge < -0.3 is 14.8 Å². The Hall–Kier alpha value is -1.76. The summed E-state index contributed by atoms with van der Waals surface area (Å²) in [6.07, 6.45) is -0.827. The van der Waals surface area contributed by atoms with Crippen molar-refractivity contribution in [1.82, 2.24) is 0 Å². The molecule has 25 heavy (non-hydrogen) atoms. The van der Waals surface area contributed by atoms with Crippen molar-refractivity contribution in [3.05, 3.63) is 44.2 Å². The van der Waals surface area contributed by atoms with Crippen LogP contribution in [0, 0.1) is 13.8 Å². The van der Waals surface area contributed by atoms with Crippen molar-refractivity contribution in [3.8, 4) is 5.75 Å². The van der Waals surface area contributed by atoms with E-state index >= 15 is 0 Å². The quantitative estimate of drug-likeness (QED) is 0.726. The van der Waals surface area contributed by atoms with E-state index < -0.39 is 18.0 Å². The predicted molar refractivity (Wildman–Crippen MR) is 100 cm³/mol. The average molecular weight is 402 g/mol. The number of aryl methyl sites for hydroxylation is 1. The Morgan fingerprint density at radius 2 is 1.92 bits per heavy atom. The third-order valence-corrected chi connectivity index (χ3v) is 5.23. The van der Waals surface area contributed by atoms with Crippen LogP contribution in [-0.4, -0.2) is 25.1 Å². The third kappa shape index (κ3) is 4.45. The van der Waals surface area contributed by atoms with Crippen molar-refractivity contribution < 1.29 is 19.1 Å². The Labute approximate surface area is 159 Å². The van der Waals surface area contributed by atoms with Gasteiger partial charge in [-0.2, -0.15) is 0 Å². The first-order chi connectivity index (χ1) is 11.7. The molecule has 1 N–H and O–H groups in total. The number of hydrogen-bond donors (Lipinski definition) is 1. The molecule has 1 aromatic carbocycles. The number of rotatable bonds is 5. The molecule has 1 heterocycles. The van der Waals surface area contributed by atoms with Crippen molar-refractivity contribution in [2.75, 3.05) is 12.4 Å². The number of carbonyl (C=O) groups is 2. The van der Waals surface area contributed by atoms with Crippen LogP contribution in [0.15, 0.2) is 18.2 Å². The number of thiophene rings is 1. The Kier molecular flexibility index (Phi) is 6.32. The maximum Gasteiger partial charge on any atom is 0.341 e. The first-order valence-electron chi connectivity index (χ1n) is 7.35. The fourth-order valence-electron chi connectivity index (χ4n) is 2.09. The van der Waals surface area contributed by atoms with E-state index in [0.717, 1.165) is 10.4 Å². The fraction of sp³-hybridized carbons (Fsp3) is 0.294. The van der Waals surface area contributed by atoms with Crippen LogP contribution < -0.4 is 10.1 Å². The van der Waals surface area contributed by atoms with E-state index in [0.29, 0.717) is 26.4 Å². The van der Waals surface area contributed by atoms with Gasteiger partial charge in [-0.15, -0.1) is 11.3 Å². The van der Waals surface area contributed by atoms with Crippen LogP contribution in [0.25, 0.3) is 0 Å². The van der Waals surface area contributed by atoms with Gasteiger partial charge >= 0.3 is 5.97 Å². The van der Waals surface area contributed by atoms with Gasteiger partial charge in [0.05, 0.1) is 17.7 Å². The lowest BCUT2D eigenvalue weighted by Gasteiger charge is -2.15. The van der Waals surface area contributed by atoms with Crippen LogP contribution in [0.2, 0.25) is 10.0 Å². The van der Waals surface area contributed by atoms with E-state index in [-0.39, 0.29) is 0 Å². The molecule has 134 valence electrons. The van der Waals surface area contributed by atoms with Gasteiger partial charge in [-0.25, -0.2) is 4.79 Å². The SMILES string of the molecule is COC(=O)c1c(NC(=O)C(C)Oc2ccc(Cl)cc2Cl)sc(C)c1C. The highest BCUT2D eigenvalue weighted by molar-refractivity contribution is 7.16. The van der Waals surface area contributed by atoms with E-state index in [4.69, 9.17) is 32.7 Å². The molecule has 0 spiro atoms. The lowest BCUT2D eigenvalue weighted by atomic mass is 10.1. The first-order valence-corrected chi connectivity index (χ1v) is 8.92. The van der Waals surface area contributed by atoms with Gasteiger partial charge in [0.15, 0.2) is 6.10 Å². The summed E-state index contributed by atoms with van der Waals surface area (Å²) in [5, 5.41) is 3.94. The van der Waals surface area contributed by atoms with Gasteiger partial charge in [-0.3, -0.25) is 4.79 Å². The standard InChI is InChI=1S/C17H17Cl2NO4S/c1-8-10(3)25-16(14(8)17(22)23-4)20-15(21)9(2)24-13-6-5-11(18)7-12(13)19/h5-7,9H,1-4H3,(H,20,21). The molecule has 2 rings (SSSR count). The summed E-state index contributed by atoms with van der Waals surface area (Å²) in [6, 6.07) is 4.74. The molecule has 0 saturated heterocycles. The summed E-state index contributed by atoms with van der Waals surface area (Å²) >= 11 is 13.2. The van der Waals surface area contributed by atoms with Crippen molar-refractivity contribution in [2.45, 2.75) is 26.9 Å². The smallest absolute Gasteiger partial charge is 0.341 e. The number of hydrogen-bond acceptors (Lipinski definition) is 5. The zero-order valence-corrected chi connectivity index (χ0v) is 16.4. The Morgan fingerprint density at radius 3 is 2.52 bits per heavy atom. The van der Waals surface area contributed by atoms with Crippen molar-refractivity contribution in [2.24, 2.45) is 0 Å². The minimum Gasteiger partial charge on any atom is -0.479 e. The molecule has 0 aliphatic carbocycles. The van der Waals surface area contributed by atoms with E-state index in [1.165, 1.54) is 24.5 Å². The molecule has 0 radical (unpaired) electrons. The summed E-state index contributed by atoms with van der Waals surface area (Å²) in [5.41, 5.74) is 1.14. The predicted octanol–water partition coefficient (Wildman–Crippen LogP) is 4.86. The van der Waals surface area contributed by atoms with Crippen LogP contribution in [0.4, 0.5) is 5.00 Å². The number of benzene rings is 1. The zero-order valence-electron chi connectivity index (χ0n) is 14.1. The number of nitrogens with one attached hydrogen (secondary N) is 1. The molecule has 1 atom stereocenters. The lowest BCUT2D eigenvalue weighted by Crippen LogP contribution is -2.30. The molecule has 8 heteroatoms. The van der Waals surface area contributed by atoms with Crippen LogP contribution in [0.1, 0.15) is 27.7 Å². The van der Waals surface area contributed by atoms with Crippen molar-refractivity contribution >= 4 is 51.4 Å². The highest BCUT2D eigenvalue weighted by Crippen LogP contribution is 2.33. The van der Waals surface area contributed by atoms with Gasteiger partial charge in [-0.05, 0) is 44.5 Å². The van der Waals surface area contributed by atoms with Crippen LogP contribution in [0.5, 0.6) is 5.75 Å². The second-order valence-corrected chi connectivity index (χ2v) is 7.37. The second-order valence-electron chi connectivity index (χ2n) is 5.30. The maximum atomic E-state index is 12.4. The number of carbonyl (C=O) groups excluding carboxylic acids is 2. The number of anilines is 1. The lowest BCUT2D eigenvalue weighted by molar-refractivity contribution is -0.122. The van der Waals surface area contributed by atoms with E-state index in [1.54, 1.807) is 26.0 Å². The Balaban J connectivity index is 2.16. The number of amides is 1. The number of halogens is 2. The van der Waals surface area contributed by atoms with E-state index in [1.807, 2.05) is 6.92 Å². The summed E-state index contributed by atoms with van der Waals surface area (Å²) in [5.74, 6) is -0.552. The first kappa shape index (κ1) is 19.6. The molecule has 1 aromatic heterocycles. The molecule has 0 aliphatic heterocycles. The van der Waals surface area contributed by atoms with Gasteiger partial charge in [0.25, 0.3) is 5.91 Å². The minimum absolute atomic E-state index is 0.310. The Morgan fingerprint density at radius 1 is 1.24 bits per heavy atom. The molecule has 0 bridgehead atoms. The summed E-state index contributed by atoms with van der Waals surface area (Å²) in [7, 11) is 1.30. The summed E-state index contributed by atoms with van der Waals surface area (Å²) in [6.45, 7) is 5.27. The largest absolute Gasteiger partial charge is 0.479 e. The van der Waals surface area contributed by atoms with Crippen LogP contribution >= 0.6 is 34.5 Å². The molecule has 5 nitrogen and oxygen atoms in total. The number of methoxy groups -OCH3 is 1. The summed E-state index contributed by atoms with van der Waals surface area (Å²) in [4.78, 5) is 25.3. The monoisotopic (exact) mass is 401 g/mol. The van der Waals surface area contributed by atoms with Gasteiger partial charge in [-0.1, -0.05) is 23.2 Å². The van der Waals surface area contributed by atoms with Gasteiger partial charge in [0, 0.05) is 9.90 Å². The molecule has 2 aromatic rings. The van der Waals surface area contributed by atoms with E-state index in [9.17, 15) is 9.59 Å². The molecule has 0 saturated carbocycles. The second kappa shape index (κ2) is 8.08. The number of esters is 1. The van der Waals surface area contributed by atoms with Crippen molar-refractivity contribution in [1.29, 1.82) is 0 Å². The fourth-order valence-corrected chi connectivity index (χ4v) is 3.60. The van der Waals surface area contributed by atoms with Crippen LogP contribution in [0.3, 0.4) is 0 Å². The average Bonchev–Trinajstić information content (AvgIpc) is 2.83. The van der Waals surface area contributed by atoms with E-state index in [2.05, 4.69) is 5.32 Å².